The van der Waals surface area contributed by atoms with Gasteiger partial charge in [0.1, 0.15) is 4.83 Å². The number of hydrogen-bond donors (Lipinski definition) is 0. The molecule has 3 nitrogen and oxygen atoms in total. The van der Waals surface area contributed by atoms with Crippen LogP contribution in [0.15, 0.2) is 145 Å². The van der Waals surface area contributed by atoms with Crippen molar-refractivity contribution in [1.82, 2.24) is 8.97 Å². The van der Waals surface area contributed by atoms with Crippen LogP contribution >= 0.6 is 11.3 Å². The van der Waals surface area contributed by atoms with E-state index in [1.165, 1.54) is 48.2 Å². The molecule has 10 rings (SSSR count). The minimum absolute atomic E-state index is 0.0235. The highest BCUT2D eigenvalue weighted by molar-refractivity contribution is 7.17. The normalized spacial score (nSPS) is 12.1. The van der Waals surface area contributed by atoms with E-state index in [2.05, 4.69) is 117 Å². The molecule has 0 unspecified atom stereocenters. The van der Waals surface area contributed by atoms with Crippen molar-refractivity contribution in [3.63, 3.8) is 0 Å². The summed E-state index contributed by atoms with van der Waals surface area (Å²) in [7, 11) is 0. The molecular formula is C41H24N2OS. The SMILES string of the molecule is O=C(c1ccc(-c2cc3c4ccccc4n4c5sccc5c(c2)c34)cc1)c1ccc(-n2c3ccccc3c3ccccc32)cc1. The number of fused-ring (bicyclic) bond motifs is 9. The topological polar surface area (TPSA) is 26.4 Å². The lowest BCUT2D eigenvalue weighted by Gasteiger charge is -2.09. The Bertz CT molecular complexity index is 2710. The summed E-state index contributed by atoms with van der Waals surface area (Å²) in [6, 6.07) is 48.5. The summed E-state index contributed by atoms with van der Waals surface area (Å²) < 4.78 is 4.68. The zero-order valence-corrected chi connectivity index (χ0v) is 24.9. The van der Waals surface area contributed by atoms with E-state index in [1.807, 2.05) is 36.4 Å². The molecule has 0 aliphatic carbocycles. The number of rotatable bonds is 4. The molecule has 45 heavy (non-hydrogen) atoms. The highest BCUT2D eigenvalue weighted by Gasteiger charge is 2.20. The van der Waals surface area contributed by atoms with Gasteiger partial charge in [0.2, 0.25) is 0 Å². The van der Waals surface area contributed by atoms with E-state index in [0.29, 0.717) is 11.1 Å². The van der Waals surface area contributed by atoms with Crippen LogP contribution in [0.3, 0.4) is 0 Å². The van der Waals surface area contributed by atoms with Crippen LogP contribution in [0.25, 0.3) is 76.0 Å². The summed E-state index contributed by atoms with van der Waals surface area (Å²) in [5.74, 6) is 0.0235. The summed E-state index contributed by atoms with van der Waals surface area (Å²) in [5.41, 5.74) is 9.52. The number of para-hydroxylation sites is 3. The highest BCUT2D eigenvalue weighted by atomic mass is 32.1. The van der Waals surface area contributed by atoms with Gasteiger partial charge in [-0.1, -0.05) is 78.9 Å². The largest absolute Gasteiger partial charge is 0.309 e. The fourth-order valence-electron chi connectivity index (χ4n) is 7.30. The van der Waals surface area contributed by atoms with Crippen LogP contribution in [0.5, 0.6) is 0 Å². The third kappa shape index (κ3) is 3.43. The minimum atomic E-state index is 0.0235. The number of nitrogens with zero attached hydrogens (tertiary/aromatic N) is 2. The third-order valence-electron chi connectivity index (χ3n) is 9.35. The van der Waals surface area contributed by atoms with Gasteiger partial charge in [0, 0.05) is 49.1 Å². The van der Waals surface area contributed by atoms with Crippen LogP contribution < -0.4 is 0 Å². The van der Waals surface area contributed by atoms with E-state index in [9.17, 15) is 4.79 Å². The summed E-state index contributed by atoms with van der Waals surface area (Å²) in [6.07, 6.45) is 0. The first kappa shape index (κ1) is 24.7. The van der Waals surface area contributed by atoms with Crippen molar-refractivity contribution in [3.8, 4) is 16.8 Å². The predicted molar refractivity (Wildman–Crippen MR) is 189 cm³/mol. The Morgan fingerprint density at radius 3 is 1.67 bits per heavy atom. The molecule has 6 aromatic carbocycles. The standard InChI is InChI=1S/C41H24N2OS/c44-40(27-17-19-29(20-18-27)42-36-10-4-1-7-30(36)31-8-2-5-11-37(31)42)26-15-13-25(14-16-26)28-23-34-32-9-3-6-12-38(32)43-39(34)35(24-28)33-21-22-45-41(33)43/h1-24H. The maximum atomic E-state index is 13.6. The Morgan fingerprint density at radius 2 is 1.02 bits per heavy atom. The van der Waals surface area contributed by atoms with Crippen molar-refractivity contribution < 1.29 is 4.79 Å². The Hall–Kier alpha value is -5.71. The molecule has 0 N–H and O–H groups in total. The van der Waals surface area contributed by atoms with Crippen molar-refractivity contribution in [2.75, 3.05) is 0 Å². The zero-order chi connectivity index (χ0) is 29.6. The Balaban J connectivity index is 1.02. The van der Waals surface area contributed by atoms with Crippen molar-refractivity contribution in [2.45, 2.75) is 0 Å². The molecule has 4 heteroatoms. The number of benzene rings is 6. The van der Waals surface area contributed by atoms with Crippen LogP contribution in [-0.4, -0.2) is 14.8 Å². The number of hydrogen-bond acceptors (Lipinski definition) is 2. The fourth-order valence-corrected chi connectivity index (χ4v) is 8.24. The van der Waals surface area contributed by atoms with E-state index >= 15 is 0 Å². The molecule has 0 aliphatic rings. The summed E-state index contributed by atoms with van der Waals surface area (Å²) in [5, 5.41) is 9.74. The van der Waals surface area contributed by atoms with Gasteiger partial charge >= 0.3 is 0 Å². The molecule has 210 valence electrons. The van der Waals surface area contributed by atoms with Crippen LogP contribution in [0.2, 0.25) is 0 Å². The third-order valence-corrected chi connectivity index (χ3v) is 10.3. The first-order chi connectivity index (χ1) is 22.2. The van der Waals surface area contributed by atoms with Crippen molar-refractivity contribution in [3.05, 3.63) is 156 Å². The zero-order valence-electron chi connectivity index (χ0n) is 24.1. The first-order valence-corrected chi connectivity index (χ1v) is 16.0. The van der Waals surface area contributed by atoms with E-state index < -0.39 is 0 Å². The van der Waals surface area contributed by atoms with Gasteiger partial charge in [-0.2, -0.15) is 0 Å². The number of aromatic nitrogens is 2. The average Bonchev–Trinajstić information content (AvgIpc) is 3.86. The molecule has 10 aromatic rings. The summed E-state index contributed by atoms with van der Waals surface area (Å²) in [4.78, 5) is 14.9. The number of ketones is 1. The van der Waals surface area contributed by atoms with Crippen LogP contribution in [0.1, 0.15) is 15.9 Å². The van der Waals surface area contributed by atoms with Gasteiger partial charge in [-0.15, -0.1) is 11.3 Å². The monoisotopic (exact) mass is 592 g/mol. The van der Waals surface area contributed by atoms with Gasteiger partial charge in [0.15, 0.2) is 5.78 Å². The highest BCUT2D eigenvalue weighted by Crippen LogP contribution is 2.43. The van der Waals surface area contributed by atoms with E-state index in [4.69, 9.17) is 0 Å². The molecule has 0 saturated carbocycles. The van der Waals surface area contributed by atoms with Gasteiger partial charge in [-0.25, -0.2) is 0 Å². The second-order valence-electron chi connectivity index (χ2n) is 11.7. The lowest BCUT2D eigenvalue weighted by Crippen LogP contribution is -2.02. The Kier molecular flexibility index (Phi) is 5.02. The molecule has 0 aliphatic heterocycles. The molecule has 4 heterocycles. The Labute approximate surface area is 262 Å². The smallest absolute Gasteiger partial charge is 0.193 e. The van der Waals surface area contributed by atoms with E-state index in [0.717, 1.165) is 27.8 Å². The maximum absolute atomic E-state index is 13.6. The quantitative estimate of drug-likeness (QED) is 0.187. The average molecular weight is 593 g/mol. The summed E-state index contributed by atoms with van der Waals surface area (Å²) >= 11 is 1.79. The second-order valence-corrected chi connectivity index (χ2v) is 12.6. The molecular weight excluding hydrogens is 569 g/mol. The second kappa shape index (κ2) is 9.15. The van der Waals surface area contributed by atoms with Gasteiger partial charge < -0.3 is 4.57 Å². The van der Waals surface area contributed by atoms with E-state index in [1.54, 1.807) is 11.3 Å². The molecule has 0 radical (unpaired) electrons. The Morgan fingerprint density at radius 1 is 0.489 bits per heavy atom. The number of thiophene rings is 1. The number of carbonyl (C=O) groups is 1. The van der Waals surface area contributed by atoms with Gasteiger partial charge in [-0.05, 0) is 77.2 Å². The van der Waals surface area contributed by atoms with Crippen LogP contribution in [-0.2, 0) is 0 Å². The predicted octanol–water partition coefficient (Wildman–Crippen LogP) is 10.9. The molecule has 0 amide bonds. The maximum Gasteiger partial charge on any atom is 0.193 e. The molecule has 0 atom stereocenters. The van der Waals surface area contributed by atoms with Gasteiger partial charge in [0.05, 0.1) is 22.1 Å². The molecule has 0 fully saturated rings. The van der Waals surface area contributed by atoms with Crippen molar-refractivity contribution in [2.24, 2.45) is 0 Å². The van der Waals surface area contributed by atoms with Crippen molar-refractivity contribution >= 4 is 76.3 Å². The van der Waals surface area contributed by atoms with Gasteiger partial charge in [0.25, 0.3) is 0 Å². The summed E-state index contributed by atoms with van der Waals surface area (Å²) in [6.45, 7) is 0. The lowest BCUT2D eigenvalue weighted by atomic mass is 9.97. The van der Waals surface area contributed by atoms with Crippen LogP contribution in [0.4, 0.5) is 0 Å². The number of carbonyl (C=O) groups excluding carboxylic acids is 1. The molecule has 0 spiro atoms. The van der Waals surface area contributed by atoms with Crippen LogP contribution in [0, 0.1) is 0 Å². The molecule has 0 bridgehead atoms. The van der Waals surface area contributed by atoms with Crippen molar-refractivity contribution in [1.29, 1.82) is 0 Å². The molecule has 0 saturated heterocycles. The lowest BCUT2D eigenvalue weighted by molar-refractivity contribution is 0.103. The van der Waals surface area contributed by atoms with E-state index in [-0.39, 0.29) is 5.78 Å². The molecule has 4 aromatic heterocycles. The fraction of sp³-hybridized carbons (Fsp3) is 0. The minimum Gasteiger partial charge on any atom is -0.309 e. The first-order valence-electron chi connectivity index (χ1n) is 15.1. The van der Waals surface area contributed by atoms with Gasteiger partial charge in [-0.3, -0.25) is 9.20 Å².